The van der Waals surface area contributed by atoms with Crippen LogP contribution in [0.25, 0.3) is 22.4 Å². The third-order valence-electron chi connectivity index (χ3n) is 6.22. The third kappa shape index (κ3) is 4.31. The topological polar surface area (TPSA) is 86.7 Å². The summed E-state index contributed by atoms with van der Waals surface area (Å²) in [6, 6.07) is 13.5. The van der Waals surface area contributed by atoms with Gasteiger partial charge in [-0.3, -0.25) is 9.59 Å². The summed E-state index contributed by atoms with van der Waals surface area (Å²) in [4.78, 5) is 26.2. The molecule has 0 unspecified atom stereocenters. The van der Waals surface area contributed by atoms with Gasteiger partial charge in [0.1, 0.15) is 17.4 Å². The molecular formula is C26H28N6O2. The Bertz CT molecular complexity index is 1400. The molecule has 0 radical (unpaired) electrons. The maximum absolute atomic E-state index is 13.5. The lowest BCUT2D eigenvalue weighted by Gasteiger charge is -2.13. The van der Waals surface area contributed by atoms with Crippen molar-refractivity contribution >= 4 is 16.8 Å². The van der Waals surface area contributed by atoms with Crippen LogP contribution in [0, 0.1) is 6.92 Å². The lowest BCUT2D eigenvalue weighted by molar-refractivity contribution is -0.121. The van der Waals surface area contributed by atoms with Gasteiger partial charge in [-0.1, -0.05) is 29.8 Å². The van der Waals surface area contributed by atoms with Crippen LogP contribution in [-0.4, -0.2) is 36.6 Å². The highest BCUT2D eigenvalue weighted by Crippen LogP contribution is 2.24. The van der Waals surface area contributed by atoms with Gasteiger partial charge in [-0.25, -0.2) is 9.36 Å². The van der Waals surface area contributed by atoms with Crippen molar-refractivity contribution in [2.24, 2.45) is 0 Å². The molecule has 34 heavy (non-hydrogen) atoms. The maximum atomic E-state index is 13.5. The average Bonchev–Trinajstić information content (AvgIpc) is 3.52. The molecule has 0 saturated carbocycles. The number of hydrogen-bond acceptors (Lipinski definition) is 4. The van der Waals surface area contributed by atoms with E-state index in [1.807, 2.05) is 66.3 Å². The molecule has 8 heteroatoms. The lowest BCUT2D eigenvalue weighted by atomic mass is 9.97. The molecule has 0 aliphatic heterocycles. The lowest BCUT2D eigenvalue weighted by Crippen LogP contribution is -2.34. The number of benzene rings is 1. The van der Waals surface area contributed by atoms with Gasteiger partial charge >= 0.3 is 0 Å². The van der Waals surface area contributed by atoms with E-state index in [1.165, 1.54) is 23.1 Å². The van der Waals surface area contributed by atoms with Gasteiger partial charge in [0.25, 0.3) is 5.56 Å². The molecule has 1 N–H and O–H groups in total. The molecule has 1 amide bonds. The molecule has 1 aliphatic carbocycles. The molecule has 3 heterocycles. The van der Waals surface area contributed by atoms with Gasteiger partial charge < -0.3 is 9.88 Å². The SMILES string of the molecule is Cc1nn(CC(=O)NCCC2=CCCCC2)c(=O)c2c(-n3cccc3)n(-c3ccccc3)nc12. The van der Waals surface area contributed by atoms with Crippen LogP contribution in [-0.2, 0) is 11.3 Å². The molecule has 0 saturated heterocycles. The molecule has 8 nitrogen and oxygen atoms in total. The Kier molecular flexibility index (Phi) is 6.12. The minimum atomic E-state index is -0.336. The van der Waals surface area contributed by atoms with E-state index in [9.17, 15) is 9.59 Å². The number of amides is 1. The number of para-hydroxylation sites is 1. The van der Waals surface area contributed by atoms with Crippen LogP contribution in [0.1, 0.15) is 37.8 Å². The fourth-order valence-corrected chi connectivity index (χ4v) is 4.52. The summed E-state index contributed by atoms with van der Waals surface area (Å²) in [5.74, 6) is 0.405. The number of carbonyl (C=O) groups is 1. The van der Waals surface area contributed by atoms with Crippen molar-refractivity contribution < 1.29 is 4.79 Å². The first kappa shape index (κ1) is 21.9. The smallest absolute Gasteiger partial charge is 0.280 e. The van der Waals surface area contributed by atoms with E-state index in [0.29, 0.717) is 29.0 Å². The fourth-order valence-electron chi connectivity index (χ4n) is 4.52. The van der Waals surface area contributed by atoms with E-state index < -0.39 is 0 Å². The number of aryl methyl sites for hydroxylation is 1. The molecular weight excluding hydrogens is 428 g/mol. The second-order valence-corrected chi connectivity index (χ2v) is 8.64. The van der Waals surface area contributed by atoms with Gasteiger partial charge in [0.15, 0.2) is 5.82 Å². The standard InChI is InChI=1S/C26H28N6O2/c1-19-24-23(25(30-16-8-9-17-30)32(29-24)21-12-6-3-7-13-21)26(34)31(28-19)18-22(33)27-15-14-20-10-4-2-5-11-20/h3,6-10,12-13,16-17H,2,4-5,11,14-15,18H2,1H3,(H,27,33). The number of aromatic nitrogens is 5. The van der Waals surface area contributed by atoms with E-state index in [-0.39, 0.29) is 18.0 Å². The number of rotatable bonds is 7. The zero-order chi connectivity index (χ0) is 23.5. The number of fused-ring (bicyclic) bond motifs is 1. The van der Waals surface area contributed by atoms with E-state index in [1.54, 1.807) is 4.68 Å². The van der Waals surface area contributed by atoms with Crippen LogP contribution in [0.5, 0.6) is 0 Å². The Morgan fingerprint density at radius 2 is 1.85 bits per heavy atom. The zero-order valence-electron chi connectivity index (χ0n) is 19.3. The Hall–Kier alpha value is -3.94. The van der Waals surface area contributed by atoms with Gasteiger partial charge in [-0.15, -0.1) is 0 Å². The highest BCUT2D eigenvalue weighted by atomic mass is 16.2. The van der Waals surface area contributed by atoms with Gasteiger partial charge in [-0.2, -0.15) is 10.2 Å². The van der Waals surface area contributed by atoms with Gasteiger partial charge in [0, 0.05) is 18.9 Å². The Balaban J connectivity index is 1.48. The molecule has 3 aromatic heterocycles. The van der Waals surface area contributed by atoms with E-state index in [4.69, 9.17) is 5.10 Å². The Morgan fingerprint density at radius 1 is 1.06 bits per heavy atom. The van der Waals surface area contributed by atoms with Crippen LogP contribution in [0.15, 0.2) is 71.3 Å². The Morgan fingerprint density at radius 3 is 2.59 bits per heavy atom. The predicted molar refractivity (Wildman–Crippen MR) is 131 cm³/mol. The van der Waals surface area contributed by atoms with Crippen molar-refractivity contribution in [3.05, 3.63) is 82.6 Å². The quantitative estimate of drug-likeness (QED) is 0.430. The summed E-state index contributed by atoms with van der Waals surface area (Å²) in [6.07, 6.45) is 11.6. The first-order valence-electron chi connectivity index (χ1n) is 11.8. The normalized spacial score (nSPS) is 13.7. The summed E-state index contributed by atoms with van der Waals surface area (Å²) in [6.45, 7) is 2.25. The van der Waals surface area contributed by atoms with Crippen LogP contribution in [0.2, 0.25) is 0 Å². The second-order valence-electron chi connectivity index (χ2n) is 8.64. The maximum Gasteiger partial charge on any atom is 0.280 e. The molecule has 0 bridgehead atoms. The summed E-state index contributed by atoms with van der Waals surface area (Å²) in [7, 11) is 0. The summed E-state index contributed by atoms with van der Waals surface area (Å²) in [5, 5.41) is 12.5. The van der Waals surface area contributed by atoms with Crippen LogP contribution < -0.4 is 10.9 Å². The minimum Gasteiger partial charge on any atom is -0.354 e. The Labute approximate surface area is 197 Å². The monoisotopic (exact) mass is 456 g/mol. The molecule has 174 valence electrons. The van der Waals surface area contributed by atoms with E-state index >= 15 is 0 Å². The third-order valence-corrected chi connectivity index (χ3v) is 6.22. The molecule has 0 atom stereocenters. The average molecular weight is 457 g/mol. The largest absolute Gasteiger partial charge is 0.354 e. The first-order valence-corrected chi connectivity index (χ1v) is 11.8. The summed E-state index contributed by atoms with van der Waals surface area (Å²) in [5.41, 5.74) is 3.03. The van der Waals surface area contributed by atoms with E-state index in [2.05, 4.69) is 16.5 Å². The molecule has 0 fully saturated rings. The first-order chi connectivity index (χ1) is 16.6. The van der Waals surface area contributed by atoms with Crippen molar-refractivity contribution in [2.75, 3.05) is 6.54 Å². The fraction of sp³-hybridized carbons (Fsp3) is 0.308. The van der Waals surface area contributed by atoms with Gasteiger partial charge in [-0.05, 0) is 63.3 Å². The highest BCUT2D eigenvalue weighted by molar-refractivity contribution is 5.88. The predicted octanol–water partition coefficient (Wildman–Crippen LogP) is 3.69. The number of hydrogen-bond donors (Lipinski definition) is 1. The number of nitrogens with zero attached hydrogens (tertiary/aromatic N) is 5. The van der Waals surface area contributed by atoms with Crippen molar-refractivity contribution in [1.82, 2.24) is 29.4 Å². The molecule has 1 aliphatic rings. The van der Waals surface area contributed by atoms with E-state index in [0.717, 1.165) is 24.9 Å². The zero-order valence-corrected chi connectivity index (χ0v) is 19.3. The second kappa shape index (κ2) is 9.51. The molecule has 5 rings (SSSR count). The van der Waals surface area contributed by atoms with Crippen LogP contribution in [0.3, 0.4) is 0 Å². The molecule has 4 aromatic rings. The summed E-state index contributed by atoms with van der Waals surface area (Å²) >= 11 is 0. The van der Waals surface area contributed by atoms with Crippen molar-refractivity contribution in [1.29, 1.82) is 0 Å². The van der Waals surface area contributed by atoms with Crippen LogP contribution in [0.4, 0.5) is 0 Å². The van der Waals surface area contributed by atoms with Crippen molar-refractivity contribution in [2.45, 2.75) is 45.6 Å². The number of allylic oxidation sites excluding steroid dienone is 1. The number of carbonyl (C=O) groups excluding carboxylic acids is 1. The summed E-state index contributed by atoms with van der Waals surface area (Å²) < 4.78 is 4.87. The van der Waals surface area contributed by atoms with Crippen molar-refractivity contribution in [3.63, 3.8) is 0 Å². The van der Waals surface area contributed by atoms with Crippen LogP contribution >= 0.6 is 0 Å². The van der Waals surface area contributed by atoms with Gasteiger partial charge in [0.05, 0.1) is 11.4 Å². The van der Waals surface area contributed by atoms with Crippen molar-refractivity contribution in [3.8, 4) is 11.5 Å². The molecule has 1 aromatic carbocycles. The van der Waals surface area contributed by atoms with Gasteiger partial charge in [0.2, 0.25) is 5.91 Å². The highest BCUT2D eigenvalue weighted by Gasteiger charge is 2.22. The number of nitrogens with one attached hydrogen (secondary N) is 1. The minimum absolute atomic E-state index is 0.129. The molecule has 0 spiro atoms.